The molecule has 2 aromatic carbocycles. The lowest BCUT2D eigenvalue weighted by atomic mass is 10.1. The summed E-state index contributed by atoms with van der Waals surface area (Å²) in [7, 11) is 0. The molecule has 6 nitrogen and oxygen atoms in total. The number of anilines is 1. The van der Waals surface area contributed by atoms with Crippen molar-refractivity contribution in [2.24, 2.45) is 0 Å². The fourth-order valence-corrected chi connectivity index (χ4v) is 4.69. The van der Waals surface area contributed by atoms with E-state index in [-0.39, 0.29) is 0 Å². The summed E-state index contributed by atoms with van der Waals surface area (Å²) < 4.78 is 1.82. The predicted molar refractivity (Wildman–Crippen MR) is 150 cm³/mol. The van der Waals surface area contributed by atoms with Crippen LogP contribution in [0.3, 0.4) is 0 Å². The molecule has 2 aromatic heterocycles. The van der Waals surface area contributed by atoms with E-state index < -0.39 is 0 Å². The molecule has 0 amide bonds. The number of carbonyl (C=O) groups excluding carboxylic acids is 1. The van der Waals surface area contributed by atoms with E-state index in [2.05, 4.69) is 65.2 Å². The van der Waals surface area contributed by atoms with Gasteiger partial charge in [0.25, 0.3) is 0 Å². The van der Waals surface area contributed by atoms with E-state index >= 15 is 0 Å². The molecule has 37 heavy (non-hydrogen) atoms. The number of rotatable bonds is 7. The smallest absolute Gasteiger partial charge is 0.150 e. The molecular formula is C31H31N5O. The van der Waals surface area contributed by atoms with Crippen LogP contribution < -0.4 is 15.5 Å². The second-order valence-electron chi connectivity index (χ2n) is 9.20. The summed E-state index contributed by atoms with van der Waals surface area (Å²) in [6.07, 6.45) is 7.53. The number of allylic oxidation sites excluding steroid dienone is 1. The van der Waals surface area contributed by atoms with Crippen molar-refractivity contribution in [1.82, 2.24) is 19.7 Å². The van der Waals surface area contributed by atoms with E-state index in [4.69, 9.17) is 5.10 Å². The van der Waals surface area contributed by atoms with Gasteiger partial charge in [-0.25, -0.2) is 4.68 Å². The second kappa shape index (κ2) is 10.7. The lowest BCUT2D eigenvalue weighted by Crippen LogP contribution is -2.45. The minimum atomic E-state index is 0.623. The number of carbonyl (C=O) groups is 1. The minimum Gasteiger partial charge on any atom is -0.372 e. The molecule has 6 heteroatoms. The number of piperazine rings is 1. The topological polar surface area (TPSA) is 54.3 Å². The Bertz CT molecular complexity index is 1500. The first-order valence-corrected chi connectivity index (χ1v) is 12.6. The monoisotopic (exact) mass is 489 g/mol. The zero-order valence-electron chi connectivity index (χ0n) is 21.2. The molecule has 186 valence electrons. The quantitative estimate of drug-likeness (QED) is 0.367. The first-order valence-electron chi connectivity index (χ1n) is 12.6. The van der Waals surface area contributed by atoms with Crippen molar-refractivity contribution in [2.75, 3.05) is 31.1 Å². The summed E-state index contributed by atoms with van der Waals surface area (Å²) in [5.74, 6) is 0. The van der Waals surface area contributed by atoms with Gasteiger partial charge in [0.15, 0.2) is 0 Å². The van der Waals surface area contributed by atoms with Crippen molar-refractivity contribution in [1.29, 1.82) is 0 Å². The van der Waals surface area contributed by atoms with Gasteiger partial charge in [0, 0.05) is 66.3 Å². The molecule has 3 heterocycles. The van der Waals surface area contributed by atoms with E-state index in [0.717, 1.165) is 72.0 Å². The average molecular weight is 490 g/mol. The number of nitrogens with zero attached hydrogens (tertiary/aromatic N) is 5. The molecule has 0 N–H and O–H groups in total. The van der Waals surface area contributed by atoms with Gasteiger partial charge < -0.3 is 9.80 Å². The van der Waals surface area contributed by atoms with Gasteiger partial charge in [-0.2, -0.15) is 5.10 Å². The molecule has 0 unspecified atom stereocenters. The van der Waals surface area contributed by atoms with Crippen molar-refractivity contribution in [3.63, 3.8) is 0 Å². The molecule has 5 rings (SSSR count). The fraction of sp³-hybridized carbons (Fsp3) is 0.194. The van der Waals surface area contributed by atoms with E-state index in [0.29, 0.717) is 5.56 Å². The highest BCUT2D eigenvalue weighted by Gasteiger charge is 2.17. The van der Waals surface area contributed by atoms with Gasteiger partial charge in [-0.15, -0.1) is 0 Å². The summed E-state index contributed by atoms with van der Waals surface area (Å²) in [5.41, 5.74) is 6.73. The zero-order chi connectivity index (χ0) is 25.8. The highest BCUT2D eigenvalue weighted by atomic mass is 16.1. The van der Waals surface area contributed by atoms with Crippen LogP contribution in [-0.4, -0.2) is 52.1 Å². The number of aldehydes is 1. The van der Waals surface area contributed by atoms with Crippen LogP contribution in [0.25, 0.3) is 29.6 Å². The summed E-state index contributed by atoms with van der Waals surface area (Å²) >= 11 is 0. The number of pyridine rings is 1. The van der Waals surface area contributed by atoms with Gasteiger partial charge in [-0.1, -0.05) is 32.2 Å². The Balaban J connectivity index is 1.48. The van der Waals surface area contributed by atoms with Crippen LogP contribution in [0.1, 0.15) is 29.3 Å². The molecule has 0 aliphatic carbocycles. The maximum Gasteiger partial charge on any atom is 0.150 e. The summed E-state index contributed by atoms with van der Waals surface area (Å²) in [6.45, 7) is 14.7. The molecule has 0 saturated carbocycles. The first kappa shape index (κ1) is 24.3. The van der Waals surface area contributed by atoms with Gasteiger partial charge >= 0.3 is 0 Å². The van der Waals surface area contributed by atoms with Gasteiger partial charge in [-0.3, -0.25) is 9.78 Å². The third-order valence-corrected chi connectivity index (χ3v) is 6.93. The van der Waals surface area contributed by atoms with Gasteiger partial charge in [-0.05, 0) is 66.6 Å². The highest BCUT2D eigenvalue weighted by Crippen LogP contribution is 2.20. The Kier molecular flexibility index (Phi) is 6.99. The van der Waals surface area contributed by atoms with Crippen LogP contribution in [0, 0.1) is 0 Å². The van der Waals surface area contributed by atoms with E-state index in [1.807, 2.05) is 35.1 Å². The average Bonchev–Trinajstić information content (AvgIpc) is 3.29. The molecule has 0 spiro atoms. The third kappa shape index (κ3) is 5.09. The molecule has 0 radical (unpaired) electrons. The Morgan fingerprint density at radius 1 is 0.946 bits per heavy atom. The van der Waals surface area contributed by atoms with E-state index in [9.17, 15) is 4.79 Å². The van der Waals surface area contributed by atoms with Crippen molar-refractivity contribution >= 4 is 24.6 Å². The molecule has 1 saturated heterocycles. The van der Waals surface area contributed by atoms with Crippen LogP contribution >= 0.6 is 0 Å². The minimum absolute atomic E-state index is 0.623. The largest absolute Gasteiger partial charge is 0.372 e. The number of aromatic nitrogens is 3. The maximum atomic E-state index is 11.1. The molecule has 1 fully saturated rings. The number of hydrogen-bond donors (Lipinski definition) is 0. The molecule has 0 atom stereocenters. The van der Waals surface area contributed by atoms with Crippen molar-refractivity contribution in [2.45, 2.75) is 13.3 Å². The number of hydrogen-bond acceptors (Lipinski definition) is 5. The fourth-order valence-electron chi connectivity index (χ4n) is 4.69. The molecule has 1 aliphatic rings. The standard InChI is InChI=1S/C31H31N5O/c1-4-23(2)34-16-18-35(19-17-34)28-11-7-25(8-12-28)20-30-24(3)36(29-13-9-26(22-37)10-14-29)33-31(30)27-6-5-15-32-21-27/h5-15,20-22H,2-4,16-19H2,1H3/b30-20+. The van der Waals surface area contributed by atoms with Gasteiger partial charge in [0.05, 0.1) is 11.0 Å². The van der Waals surface area contributed by atoms with Gasteiger partial charge in [0.1, 0.15) is 12.0 Å². The normalized spacial score (nSPS) is 14.1. The van der Waals surface area contributed by atoms with E-state index in [1.54, 1.807) is 18.3 Å². The van der Waals surface area contributed by atoms with Crippen molar-refractivity contribution in [3.05, 3.63) is 107 Å². The van der Waals surface area contributed by atoms with Crippen LogP contribution in [0.15, 0.2) is 85.3 Å². The molecule has 4 aromatic rings. The second-order valence-corrected chi connectivity index (χ2v) is 9.20. The third-order valence-electron chi connectivity index (χ3n) is 6.93. The summed E-state index contributed by atoms with van der Waals surface area (Å²) in [6, 6.07) is 19.9. The Hall–Kier alpha value is -4.45. The highest BCUT2D eigenvalue weighted by molar-refractivity contribution is 5.75. The Morgan fingerprint density at radius 2 is 1.62 bits per heavy atom. The molecular weight excluding hydrogens is 458 g/mol. The van der Waals surface area contributed by atoms with Crippen LogP contribution in [-0.2, 0) is 0 Å². The maximum absolute atomic E-state index is 11.1. The summed E-state index contributed by atoms with van der Waals surface area (Å²) in [4.78, 5) is 20.2. The SMILES string of the molecule is C=C(CC)N1CCN(c2ccc(/C=c3/c(-c4cccnc4)nn(-c4ccc(C=O)cc4)c3=C)cc2)CC1. The lowest BCUT2D eigenvalue weighted by Gasteiger charge is -2.38. The Labute approximate surface area is 217 Å². The molecule has 1 aliphatic heterocycles. The Morgan fingerprint density at radius 3 is 2.24 bits per heavy atom. The van der Waals surface area contributed by atoms with Gasteiger partial charge in [0.2, 0.25) is 0 Å². The lowest BCUT2D eigenvalue weighted by molar-refractivity contribution is 0.112. The van der Waals surface area contributed by atoms with Crippen LogP contribution in [0.5, 0.6) is 0 Å². The predicted octanol–water partition coefficient (Wildman–Crippen LogP) is 4.03. The first-order chi connectivity index (χ1) is 18.1. The van der Waals surface area contributed by atoms with E-state index in [1.165, 1.54) is 11.4 Å². The van der Waals surface area contributed by atoms with Crippen molar-refractivity contribution in [3.8, 4) is 16.9 Å². The molecule has 0 bridgehead atoms. The van der Waals surface area contributed by atoms with Crippen LogP contribution in [0.4, 0.5) is 5.69 Å². The van der Waals surface area contributed by atoms with Crippen LogP contribution in [0.2, 0.25) is 0 Å². The summed E-state index contributed by atoms with van der Waals surface area (Å²) in [5, 5.41) is 6.60. The van der Waals surface area contributed by atoms with Crippen molar-refractivity contribution < 1.29 is 4.79 Å². The zero-order valence-corrected chi connectivity index (χ0v) is 21.2. The number of benzene rings is 2.